The van der Waals surface area contributed by atoms with Gasteiger partial charge in [-0.2, -0.15) is 0 Å². The van der Waals surface area contributed by atoms with Crippen LogP contribution in [0.5, 0.6) is 0 Å². The lowest BCUT2D eigenvalue weighted by atomic mass is 10.2. The first kappa shape index (κ1) is 13.6. The Kier molecular flexibility index (Phi) is 3.37. The smallest absolute Gasteiger partial charge is 0.419 e. The van der Waals surface area contributed by atoms with Crippen molar-refractivity contribution >= 4 is 17.0 Å². The van der Waals surface area contributed by atoms with Crippen molar-refractivity contribution in [2.75, 3.05) is 0 Å². The maximum absolute atomic E-state index is 12.3. The summed E-state index contributed by atoms with van der Waals surface area (Å²) in [5.74, 6) is 0. The van der Waals surface area contributed by atoms with Gasteiger partial charge >= 0.3 is 6.09 Å². The maximum atomic E-state index is 12.3. The van der Waals surface area contributed by atoms with Gasteiger partial charge in [-0.25, -0.2) is 9.36 Å². The number of nitrogens with two attached hydrogens (primary N) is 1. The average Bonchev–Trinajstić information content (AvgIpc) is 2.65. The molecule has 0 radical (unpaired) electrons. The third kappa shape index (κ3) is 2.79. The minimum absolute atomic E-state index is 0.236. The van der Waals surface area contributed by atoms with Crippen LogP contribution in [0.2, 0.25) is 0 Å². The second-order valence-corrected chi connectivity index (χ2v) is 5.73. The van der Waals surface area contributed by atoms with Gasteiger partial charge < -0.3 is 10.5 Å². The molecule has 0 fully saturated rings. The van der Waals surface area contributed by atoms with Gasteiger partial charge in [-0.05, 0) is 39.8 Å². The molecule has 0 saturated heterocycles. The molecule has 0 aliphatic heterocycles. The second kappa shape index (κ2) is 4.70. The predicted octanol–water partition coefficient (Wildman–Crippen LogP) is 3.44. The molecule has 1 aromatic heterocycles. The molecule has 1 aromatic carbocycles. The number of benzene rings is 1. The van der Waals surface area contributed by atoms with Crippen LogP contribution in [0, 0.1) is 0 Å². The van der Waals surface area contributed by atoms with Crippen molar-refractivity contribution in [2.45, 2.75) is 39.3 Å². The van der Waals surface area contributed by atoms with E-state index in [0.717, 1.165) is 16.6 Å². The Labute approximate surface area is 113 Å². The summed E-state index contributed by atoms with van der Waals surface area (Å²) in [7, 11) is 0. The number of ether oxygens (including phenoxy) is 1. The monoisotopic (exact) mass is 260 g/mol. The van der Waals surface area contributed by atoms with E-state index in [-0.39, 0.29) is 12.1 Å². The summed E-state index contributed by atoms with van der Waals surface area (Å²) in [5, 5.41) is 0.987. The summed E-state index contributed by atoms with van der Waals surface area (Å²) in [4.78, 5) is 12.3. The molecular formula is C15H20N2O2. The van der Waals surface area contributed by atoms with Gasteiger partial charge in [0, 0.05) is 17.1 Å². The summed E-state index contributed by atoms with van der Waals surface area (Å²) in [6, 6.07) is 9.39. The number of nitrogens with zero attached hydrogens (tertiary/aromatic N) is 1. The van der Waals surface area contributed by atoms with Crippen molar-refractivity contribution in [3.8, 4) is 0 Å². The van der Waals surface area contributed by atoms with Crippen LogP contribution >= 0.6 is 0 Å². The Balaban J connectivity index is 2.56. The van der Waals surface area contributed by atoms with Crippen molar-refractivity contribution in [3.05, 3.63) is 36.0 Å². The molecule has 2 rings (SSSR count). The van der Waals surface area contributed by atoms with E-state index in [1.807, 2.05) is 58.0 Å². The second-order valence-electron chi connectivity index (χ2n) is 5.73. The highest BCUT2D eigenvalue weighted by Crippen LogP contribution is 2.24. The molecule has 0 aliphatic rings. The van der Waals surface area contributed by atoms with Crippen LogP contribution in [0.4, 0.5) is 4.79 Å². The minimum Gasteiger partial charge on any atom is -0.443 e. The Morgan fingerprint density at radius 3 is 2.53 bits per heavy atom. The third-order valence-corrected chi connectivity index (χ3v) is 2.78. The zero-order chi connectivity index (χ0) is 14.2. The van der Waals surface area contributed by atoms with E-state index in [9.17, 15) is 4.79 Å². The van der Waals surface area contributed by atoms with Crippen molar-refractivity contribution in [3.63, 3.8) is 0 Å². The number of rotatable bonds is 1. The number of para-hydroxylation sites is 1. The Morgan fingerprint density at radius 1 is 1.32 bits per heavy atom. The van der Waals surface area contributed by atoms with E-state index in [1.54, 1.807) is 4.57 Å². The molecule has 0 bridgehead atoms. The molecule has 0 spiro atoms. The van der Waals surface area contributed by atoms with Gasteiger partial charge in [0.05, 0.1) is 5.52 Å². The lowest BCUT2D eigenvalue weighted by Gasteiger charge is -2.21. The molecule has 0 saturated carbocycles. The third-order valence-electron chi connectivity index (χ3n) is 2.78. The van der Waals surface area contributed by atoms with E-state index in [1.165, 1.54) is 0 Å². The molecule has 0 unspecified atom stereocenters. The molecule has 4 heteroatoms. The highest BCUT2D eigenvalue weighted by atomic mass is 16.6. The molecule has 0 aliphatic carbocycles. The van der Waals surface area contributed by atoms with Crippen molar-refractivity contribution in [1.82, 2.24) is 4.57 Å². The summed E-state index contributed by atoms with van der Waals surface area (Å²) in [6.07, 6.45) is -0.388. The van der Waals surface area contributed by atoms with E-state index >= 15 is 0 Å². The fourth-order valence-corrected chi connectivity index (χ4v) is 2.02. The number of hydrogen-bond donors (Lipinski definition) is 1. The molecule has 19 heavy (non-hydrogen) atoms. The first-order chi connectivity index (χ1) is 8.79. The zero-order valence-electron chi connectivity index (χ0n) is 11.8. The lowest BCUT2D eigenvalue weighted by molar-refractivity contribution is 0.0539. The predicted molar refractivity (Wildman–Crippen MR) is 76.2 cm³/mol. The molecular weight excluding hydrogens is 240 g/mol. The SMILES string of the molecule is C[C@H](N)c1cc2ccccc2n1C(=O)OC(C)(C)C. The minimum atomic E-state index is -0.530. The quantitative estimate of drug-likeness (QED) is 0.854. The van der Waals surface area contributed by atoms with Gasteiger partial charge in [0.15, 0.2) is 0 Å². The van der Waals surface area contributed by atoms with Gasteiger partial charge in [-0.1, -0.05) is 18.2 Å². The normalized spacial score (nSPS) is 13.5. The summed E-state index contributed by atoms with van der Waals surface area (Å²) < 4.78 is 7.01. The Hall–Kier alpha value is -1.81. The van der Waals surface area contributed by atoms with E-state index < -0.39 is 5.60 Å². The molecule has 1 atom stereocenters. The van der Waals surface area contributed by atoms with Crippen LogP contribution in [0.25, 0.3) is 10.9 Å². The van der Waals surface area contributed by atoms with Gasteiger partial charge in [0.25, 0.3) is 0 Å². The van der Waals surface area contributed by atoms with Gasteiger partial charge in [-0.15, -0.1) is 0 Å². The highest BCUT2D eigenvalue weighted by molar-refractivity contribution is 5.91. The molecule has 102 valence electrons. The van der Waals surface area contributed by atoms with Gasteiger partial charge in [-0.3, -0.25) is 0 Å². The first-order valence-corrected chi connectivity index (χ1v) is 6.39. The van der Waals surface area contributed by atoms with E-state index in [2.05, 4.69) is 0 Å². The molecule has 2 aromatic rings. The fraction of sp³-hybridized carbons (Fsp3) is 0.400. The zero-order valence-corrected chi connectivity index (χ0v) is 11.8. The number of carbonyl (C=O) groups excluding carboxylic acids is 1. The van der Waals surface area contributed by atoms with Crippen molar-refractivity contribution < 1.29 is 9.53 Å². The number of aromatic nitrogens is 1. The number of hydrogen-bond acceptors (Lipinski definition) is 3. The summed E-state index contributed by atoms with van der Waals surface area (Å²) in [6.45, 7) is 7.40. The summed E-state index contributed by atoms with van der Waals surface area (Å²) in [5.41, 5.74) is 7.00. The molecule has 2 N–H and O–H groups in total. The van der Waals surface area contributed by atoms with Crippen molar-refractivity contribution in [2.24, 2.45) is 5.73 Å². The average molecular weight is 260 g/mol. The largest absolute Gasteiger partial charge is 0.443 e. The molecule has 4 nitrogen and oxygen atoms in total. The molecule has 1 heterocycles. The van der Waals surface area contributed by atoms with E-state index in [4.69, 9.17) is 10.5 Å². The number of fused-ring (bicyclic) bond motifs is 1. The van der Waals surface area contributed by atoms with Gasteiger partial charge in [0.2, 0.25) is 0 Å². The molecule has 0 amide bonds. The van der Waals surface area contributed by atoms with Gasteiger partial charge in [0.1, 0.15) is 5.60 Å². The standard InChI is InChI=1S/C15H20N2O2/c1-10(16)13-9-11-7-5-6-8-12(11)17(13)14(18)19-15(2,3)4/h5-10H,16H2,1-4H3/t10-/m0/s1. The summed E-state index contributed by atoms with van der Waals surface area (Å²) >= 11 is 0. The Morgan fingerprint density at radius 2 is 1.95 bits per heavy atom. The van der Waals surface area contributed by atoms with Crippen LogP contribution in [0.1, 0.15) is 39.4 Å². The van der Waals surface area contributed by atoms with Crippen LogP contribution in [-0.4, -0.2) is 16.3 Å². The van der Waals surface area contributed by atoms with Crippen LogP contribution < -0.4 is 5.73 Å². The van der Waals surface area contributed by atoms with Crippen LogP contribution in [-0.2, 0) is 4.74 Å². The highest BCUT2D eigenvalue weighted by Gasteiger charge is 2.22. The number of carbonyl (C=O) groups is 1. The topological polar surface area (TPSA) is 57.2 Å². The van der Waals surface area contributed by atoms with Crippen LogP contribution in [0.3, 0.4) is 0 Å². The maximum Gasteiger partial charge on any atom is 0.419 e. The van der Waals surface area contributed by atoms with E-state index in [0.29, 0.717) is 0 Å². The Bertz CT molecular complexity index is 606. The fourth-order valence-electron chi connectivity index (χ4n) is 2.02. The lowest BCUT2D eigenvalue weighted by Crippen LogP contribution is -2.29. The first-order valence-electron chi connectivity index (χ1n) is 6.39. The van der Waals surface area contributed by atoms with Crippen LogP contribution in [0.15, 0.2) is 30.3 Å². The van der Waals surface area contributed by atoms with Crippen molar-refractivity contribution in [1.29, 1.82) is 0 Å².